The number of aromatic nitrogens is 3. The molecule has 2 aromatic heterocycles. The van der Waals surface area contributed by atoms with Gasteiger partial charge in [-0.15, -0.1) is 0 Å². The molecule has 58 heavy (non-hydrogen) atoms. The summed E-state index contributed by atoms with van der Waals surface area (Å²) in [7, 11) is 0. The highest BCUT2D eigenvalue weighted by molar-refractivity contribution is 6.10. The lowest BCUT2D eigenvalue weighted by atomic mass is 9.99. The van der Waals surface area contributed by atoms with Crippen molar-refractivity contribution in [3.8, 4) is 50.7 Å². The molecule has 5 nitrogen and oxygen atoms in total. The van der Waals surface area contributed by atoms with Crippen molar-refractivity contribution in [1.29, 1.82) is 0 Å². The molecule has 272 valence electrons. The van der Waals surface area contributed by atoms with E-state index in [9.17, 15) is 0 Å². The minimum absolute atomic E-state index is 0.567. The van der Waals surface area contributed by atoms with Gasteiger partial charge < -0.3 is 9.47 Å². The maximum atomic E-state index is 8.23. The molecule has 0 aliphatic rings. The lowest BCUT2D eigenvalue weighted by Gasteiger charge is -2.25. The fourth-order valence-electron chi connectivity index (χ4n) is 7.87. The molecule has 0 atom stereocenters. The normalized spacial score (nSPS) is 11.1. The van der Waals surface area contributed by atoms with Gasteiger partial charge in [0.1, 0.15) is 0 Å². The van der Waals surface area contributed by atoms with Crippen molar-refractivity contribution in [3.05, 3.63) is 224 Å². The van der Waals surface area contributed by atoms with Gasteiger partial charge in [-0.05, 0) is 89.5 Å². The Bertz CT molecular complexity index is 3000. The second-order valence-corrected chi connectivity index (χ2v) is 14.1. The zero-order valence-electron chi connectivity index (χ0n) is 31.4. The standard InChI is InChI=1S/C53H35N5/c1-54-50-34-40(49-36-48(38-16-6-2-7-17-38)55-53(56-49)39-18-8-3-9-19-39)28-32-45(50)37-26-29-43(30-27-37)58-51-25-15-14-24-46(51)47-35-44(31-33-52(47)58)57(41-20-10-4-11-21-41)42-22-12-5-13-23-42/h2-36H. The smallest absolute Gasteiger partial charge is 0.195 e. The molecule has 8 aromatic carbocycles. The first-order valence-corrected chi connectivity index (χ1v) is 19.3. The first kappa shape index (κ1) is 34.4. The number of benzene rings is 8. The molecule has 0 fully saturated rings. The summed E-state index contributed by atoms with van der Waals surface area (Å²) >= 11 is 0. The van der Waals surface area contributed by atoms with Crippen LogP contribution in [0.25, 0.3) is 77.4 Å². The molecule has 5 heteroatoms. The van der Waals surface area contributed by atoms with Gasteiger partial charge in [-0.2, -0.15) is 0 Å². The van der Waals surface area contributed by atoms with Gasteiger partial charge in [-0.3, -0.25) is 0 Å². The third kappa shape index (κ3) is 6.35. The molecule has 0 amide bonds. The van der Waals surface area contributed by atoms with Gasteiger partial charge in [0.15, 0.2) is 11.5 Å². The van der Waals surface area contributed by atoms with Gasteiger partial charge in [0, 0.05) is 44.6 Å². The van der Waals surface area contributed by atoms with Gasteiger partial charge in [-0.25, -0.2) is 14.8 Å². The van der Waals surface area contributed by atoms with E-state index in [1.54, 1.807) is 0 Å². The lowest BCUT2D eigenvalue weighted by molar-refractivity contribution is 1.18. The average molecular weight is 742 g/mol. The van der Waals surface area contributed by atoms with Gasteiger partial charge in [0.2, 0.25) is 0 Å². The molecule has 0 radical (unpaired) electrons. The number of rotatable bonds is 8. The Kier molecular flexibility index (Phi) is 8.83. The van der Waals surface area contributed by atoms with Crippen LogP contribution < -0.4 is 4.90 Å². The van der Waals surface area contributed by atoms with E-state index >= 15 is 0 Å². The van der Waals surface area contributed by atoms with Crippen molar-refractivity contribution in [1.82, 2.24) is 14.5 Å². The van der Waals surface area contributed by atoms with Crippen LogP contribution in [0.5, 0.6) is 0 Å². The van der Waals surface area contributed by atoms with Crippen LogP contribution in [0, 0.1) is 6.57 Å². The van der Waals surface area contributed by atoms with E-state index in [-0.39, 0.29) is 0 Å². The third-order valence-corrected chi connectivity index (χ3v) is 10.6. The molecule has 0 bridgehead atoms. The van der Waals surface area contributed by atoms with Crippen molar-refractivity contribution in [2.24, 2.45) is 0 Å². The molecule has 0 aliphatic heterocycles. The Labute approximate surface area is 337 Å². The number of nitrogens with zero attached hydrogens (tertiary/aromatic N) is 5. The zero-order chi connectivity index (χ0) is 38.8. The van der Waals surface area contributed by atoms with Crippen molar-refractivity contribution in [3.63, 3.8) is 0 Å². The maximum absolute atomic E-state index is 8.23. The van der Waals surface area contributed by atoms with Gasteiger partial charge in [0.25, 0.3) is 0 Å². The number of para-hydroxylation sites is 3. The third-order valence-electron chi connectivity index (χ3n) is 10.6. The summed E-state index contributed by atoms with van der Waals surface area (Å²) in [5, 5.41) is 2.36. The van der Waals surface area contributed by atoms with Crippen LogP contribution in [-0.4, -0.2) is 14.5 Å². The molecule has 0 N–H and O–H groups in total. The van der Waals surface area contributed by atoms with E-state index in [4.69, 9.17) is 16.5 Å². The summed E-state index contributed by atoms with van der Waals surface area (Å²) in [6.07, 6.45) is 0. The Morgan fingerprint density at radius 2 is 0.966 bits per heavy atom. The molecule has 10 rings (SSSR count). The fraction of sp³-hybridized carbons (Fsp3) is 0. The summed E-state index contributed by atoms with van der Waals surface area (Å²) in [5.41, 5.74) is 13.4. The second-order valence-electron chi connectivity index (χ2n) is 14.1. The second kappa shape index (κ2) is 14.9. The quantitative estimate of drug-likeness (QED) is 0.146. The highest BCUT2D eigenvalue weighted by Crippen LogP contribution is 2.41. The van der Waals surface area contributed by atoms with Gasteiger partial charge in [-0.1, -0.05) is 140 Å². The minimum atomic E-state index is 0.567. The SMILES string of the molecule is [C-]#[N+]c1cc(-c2cc(-c3ccccc3)nc(-c3ccccc3)n2)ccc1-c1ccc(-n2c3ccccc3c3cc(N(c4ccccc4)c4ccccc4)ccc32)cc1. The highest BCUT2D eigenvalue weighted by atomic mass is 15.1. The van der Waals surface area contributed by atoms with E-state index in [0.717, 1.165) is 73.0 Å². The van der Waals surface area contributed by atoms with Crippen LogP contribution in [0.3, 0.4) is 0 Å². The van der Waals surface area contributed by atoms with E-state index in [1.165, 1.54) is 10.8 Å². The highest BCUT2D eigenvalue weighted by Gasteiger charge is 2.18. The Morgan fingerprint density at radius 1 is 0.414 bits per heavy atom. The van der Waals surface area contributed by atoms with E-state index in [2.05, 4.69) is 160 Å². The first-order valence-electron chi connectivity index (χ1n) is 19.3. The zero-order valence-corrected chi connectivity index (χ0v) is 31.4. The summed E-state index contributed by atoms with van der Waals surface area (Å²) in [5.74, 6) is 0.645. The van der Waals surface area contributed by atoms with Crippen molar-refractivity contribution in [2.45, 2.75) is 0 Å². The summed E-state index contributed by atoms with van der Waals surface area (Å²) < 4.78 is 2.33. The Hall–Kier alpha value is -8.07. The molecular weight excluding hydrogens is 707 g/mol. The van der Waals surface area contributed by atoms with Crippen LogP contribution >= 0.6 is 0 Å². The largest absolute Gasteiger partial charge is 0.310 e. The van der Waals surface area contributed by atoms with Crippen LogP contribution in [0.15, 0.2) is 212 Å². The monoisotopic (exact) mass is 741 g/mol. The number of anilines is 3. The lowest BCUT2D eigenvalue weighted by Crippen LogP contribution is -2.09. The first-order chi connectivity index (χ1) is 28.7. The summed E-state index contributed by atoms with van der Waals surface area (Å²) in [4.78, 5) is 16.2. The van der Waals surface area contributed by atoms with E-state index < -0.39 is 0 Å². The van der Waals surface area contributed by atoms with Crippen LogP contribution in [0.2, 0.25) is 0 Å². The number of hydrogen-bond acceptors (Lipinski definition) is 3. The van der Waals surface area contributed by atoms with Crippen LogP contribution in [0.1, 0.15) is 0 Å². The minimum Gasteiger partial charge on any atom is -0.310 e. The molecular formula is C53H35N5. The van der Waals surface area contributed by atoms with Crippen molar-refractivity contribution >= 4 is 44.6 Å². The fourth-order valence-corrected chi connectivity index (χ4v) is 7.87. The molecule has 0 spiro atoms. The molecule has 10 aromatic rings. The predicted octanol–water partition coefficient (Wildman–Crippen LogP) is 14.3. The molecule has 0 saturated carbocycles. The average Bonchev–Trinajstić information content (AvgIpc) is 3.64. The predicted molar refractivity (Wildman–Crippen MR) is 239 cm³/mol. The van der Waals surface area contributed by atoms with Crippen molar-refractivity contribution in [2.75, 3.05) is 4.90 Å². The Balaban J connectivity index is 1.02. The molecule has 2 heterocycles. The maximum Gasteiger partial charge on any atom is 0.195 e. The van der Waals surface area contributed by atoms with Crippen molar-refractivity contribution < 1.29 is 0 Å². The van der Waals surface area contributed by atoms with Gasteiger partial charge >= 0.3 is 0 Å². The van der Waals surface area contributed by atoms with E-state index in [0.29, 0.717) is 11.5 Å². The Morgan fingerprint density at radius 3 is 1.62 bits per heavy atom. The van der Waals surface area contributed by atoms with E-state index in [1.807, 2.05) is 66.7 Å². The molecule has 0 saturated heterocycles. The summed E-state index contributed by atoms with van der Waals surface area (Å²) in [6, 6.07) is 73.1. The van der Waals surface area contributed by atoms with Gasteiger partial charge in [0.05, 0.1) is 29.0 Å². The number of hydrogen-bond donors (Lipinski definition) is 0. The molecule has 0 unspecified atom stereocenters. The molecule has 0 aliphatic carbocycles. The van der Waals surface area contributed by atoms with Crippen LogP contribution in [-0.2, 0) is 0 Å². The summed E-state index contributed by atoms with van der Waals surface area (Å²) in [6.45, 7) is 8.23. The van der Waals surface area contributed by atoms with Crippen LogP contribution in [0.4, 0.5) is 22.7 Å². The number of fused-ring (bicyclic) bond motifs is 3. The topological polar surface area (TPSA) is 38.3 Å².